The second kappa shape index (κ2) is 4.07. The Morgan fingerprint density at radius 3 is 2.50 bits per heavy atom. The predicted molar refractivity (Wildman–Crippen MR) is 48.5 cm³/mol. The van der Waals surface area contributed by atoms with Gasteiger partial charge in [-0.3, -0.25) is 10.1 Å². The van der Waals surface area contributed by atoms with Crippen molar-refractivity contribution in [2.75, 3.05) is 0 Å². The molecule has 0 aliphatic rings. The standard InChI is InChI=1S/C6H2F3IN2O2/c7-5(8)3-4(12(13)14)2(10)1-11-6(3)9/h1,5H. The Balaban J connectivity index is 3.50. The van der Waals surface area contributed by atoms with Crippen LogP contribution in [0.25, 0.3) is 0 Å². The third-order valence-corrected chi connectivity index (χ3v) is 2.19. The molecular weight excluding hydrogens is 316 g/mol. The molecule has 0 atom stereocenters. The van der Waals surface area contributed by atoms with Gasteiger partial charge in [0.1, 0.15) is 3.57 Å². The molecule has 0 amide bonds. The van der Waals surface area contributed by atoms with E-state index in [1.807, 2.05) is 0 Å². The first kappa shape index (κ1) is 11.1. The van der Waals surface area contributed by atoms with Crippen LogP contribution in [0.1, 0.15) is 12.0 Å². The lowest BCUT2D eigenvalue weighted by Gasteiger charge is -2.03. The molecule has 0 aromatic carbocycles. The van der Waals surface area contributed by atoms with Crippen molar-refractivity contribution in [1.29, 1.82) is 0 Å². The van der Waals surface area contributed by atoms with E-state index >= 15 is 0 Å². The number of nitrogens with zero attached hydrogens (tertiary/aromatic N) is 2. The van der Waals surface area contributed by atoms with E-state index in [0.29, 0.717) is 0 Å². The van der Waals surface area contributed by atoms with E-state index in [-0.39, 0.29) is 3.57 Å². The van der Waals surface area contributed by atoms with E-state index in [1.165, 1.54) is 22.6 Å². The minimum Gasteiger partial charge on any atom is -0.258 e. The Kier molecular flexibility index (Phi) is 3.24. The molecular formula is C6H2F3IN2O2. The van der Waals surface area contributed by atoms with Gasteiger partial charge in [-0.2, -0.15) is 4.39 Å². The van der Waals surface area contributed by atoms with E-state index in [9.17, 15) is 23.3 Å². The summed E-state index contributed by atoms with van der Waals surface area (Å²) in [6.45, 7) is 0. The van der Waals surface area contributed by atoms with Crippen molar-refractivity contribution in [2.45, 2.75) is 6.43 Å². The molecule has 1 aromatic rings. The number of rotatable bonds is 2. The minimum absolute atomic E-state index is 0.121. The van der Waals surface area contributed by atoms with Crippen LogP contribution in [0.2, 0.25) is 0 Å². The quantitative estimate of drug-likeness (QED) is 0.365. The monoisotopic (exact) mass is 318 g/mol. The third kappa shape index (κ3) is 1.94. The largest absolute Gasteiger partial charge is 0.297 e. The van der Waals surface area contributed by atoms with Crippen LogP contribution in [-0.2, 0) is 0 Å². The molecule has 1 rings (SSSR count). The van der Waals surface area contributed by atoms with E-state index in [1.54, 1.807) is 0 Å². The first-order chi connectivity index (χ1) is 6.45. The zero-order valence-corrected chi connectivity index (χ0v) is 8.53. The molecule has 8 heteroatoms. The van der Waals surface area contributed by atoms with Crippen molar-refractivity contribution in [2.24, 2.45) is 0 Å². The molecule has 0 saturated carbocycles. The van der Waals surface area contributed by atoms with Crippen molar-refractivity contribution >= 4 is 28.3 Å². The van der Waals surface area contributed by atoms with Crippen molar-refractivity contribution in [1.82, 2.24) is 4.98 Å². The van der Waals surface area contributed by atoms with Crippen LogP contribution in [-0.4, -0.2) is 9.91 Å². The number of aromatic nitrogens is 1. The predicted octanol–water partition coefficient (Wildman–Crippen LogP) is 2.67. The summed E-state index contributed by atoms with van der Waals surface area (Å²) in [6, 6.07) is 0. The molecule has 0 unspecified atom stereocenters. The molecule has 14 heavy (non-hydrogen) atoms. The highest BCUT2D eigenvalue weighted by Crippen LogP contribution is 2.33. The number of alkyl halides is 2. The smallest absolute Gasteiger partial charge is 0.258 e. The SMILES string of the molecule is O=[N+]([O-])c1c(I)cnc(F)c1C(F)F. The van der Waals surface area contributed by atoms with Crippen LogP contribution in [0, 0.1) is 19.6 Å². The Bertz CT molecular complexity index is 386. The summed E-state index contributed by atoms with van der Waals surface area (Å²) >= 11 is 1.45. The van der Waals surface area contributed by atoms with Crippen LogP contribution >= 0.6 is 22.6 Å². The van der Waals surface area contributed by atoms with Gasteiger partial charge in [0, 0.05) is 0 Å². The molecule has 0 aliphatic carbocycles. The zero-order valence-electron chi connectivity index (χ0n) is 6.38. The first-order valence-electron chi connectivity index (χ1n) is 3.21. The summed E-state index contributed by atoms with van der Waals surface area (Å²) in [5.41, 5.74) is -2.19. The second-order valence-corrected chi connectivity index (χ2v) is 3.38. The molecule has 1 heterocycles. The van der Waals surface area contributed by atoms with Crippen LogP contribution in [0.15, 0.2) is 6.20 Å². The molecule has 1 aromatic heterocycles. The van der Waals surface area contributed by atoms with Crippen molar-refractivity contribution in [3.8, 4) is 0 Å². The Morgan fingerprint density at radius 2 is 2.14 bits per heavy atom. The van der Waals surface area contributed by atoms with Gasteiger partial charge in [-0.1, -0.05) is 0 Å². The molecule has 0 N–H and O–H groups in total. The van der Waals surface area contributed by atoms with Crippen molar-refractivity contribution < 1.29 is 18.1 Å². The fourth-order valence-corrected chi connectivity index (χ4v) is 1.48. The minimum atomic E-state index is -3.25. The summed E-state index contributed by atoms with van der Waals surface area (Å²) in [7, 11) is 0. The van der Waals surface area contributed by atoms with Crippen molar-refractivity contribution in [3.05, 3.63) is 31.4 Å². The highest BCUT2D eigenvalue weighted by atomic mass is 127. The van der Waals surface area contributed by atoms with Gasteiger partial charge in [0.2, 0.25) is 5.95 Å². The highest BCUT2D eigenvalue weighted by Gasteiger charge is 2.29. The van der Waals surface area contributed by atoms with E-state index in [2.05, 4.69) is 4.98 Å². The molecule has 76 valence electrons. The lowest BCUT2D eigenvalue weighted by atomic mass is 10.2. The highest BCUT2D eigenvalue weighted by molar-refractivity contribution is 14.1. The van der Waals surface area contributed by atoms with Gasteiger partial charge in [0.15, 0.2) is 5.56 Å². The van der Waals surface area contributed by atoms with Gasteiger partial charge in [0.05, 0.1) is 11.1 Å². The molecule has 0 saturated heterocycles. The summed E-state index contributed by atoms with van der Waals surface area (Å²) in [5, 5.41) is 10.4. The molecule has 4 nitrogen and oxygen atoms in total. The van der Waals surface area contributed by atoms with Gasteiger partial charge >= 0.3 is 0 Å². The lowest BCUT2D eigenvalue weighted by molar-refractivity contribution is -0.387. The maximum absolute atomic E-state index is 12.7. The fraction of sp³-hybridized carbons (Fsp3) is 0.167. The summed E-state index contributed by atoms with van der Waals surface area (Å²) in [6.07, 6.45) is -2.42. The van der Waals surface area contributed by atoms with Gasteiger partial charge in [0.25, 0.3) is 12.1 Å². The Hall–Kier alpha value is -0.930. The van der Waals surface area contributed by atoms with Crippen molar-refractivity contribution in [3.63, 3.8) is 0 Å². The molecule has 0 bridgehead atoms. The number of hydrogen-bond donors (Lipinski definition) is 0. The maximum atomic E-state index is 12.7. The molecule has 0 spiro atoms. The molecule has 0 fully saturated rings. The summed E-state index contributed by atoms with van der Waals surface area (Å²) in [5.74, 6) is -1.51. The summed E-state index contributed by atoms with van der Waals surface area (Å²) in [4.78, 5) is 12.3. The molecule has 0 aliphatic heterocycles. The number of nitro groups is 1. The Morgan fingerprint density at radius 1 is 1.57 bits per heavy atom. The Labute approximate surface area is 89.4 Å². The van der Waals surface area contributed by atoms with Crippen LogP contribution in [0.5, 0.6) is 0 Å². The van der Waals surface area contributed by atoms with Crippen LogP contribution in [0.3, 0.4) is 0 Å². The van der Waals surface area contributed by atoms with Gasteiger partial charge in [-0.05, 0) is 22.6 Å². The van der Waals surface area contributed by atoms with Gasteiger partial charge in [-0.15, -0.1) is 0 Å². The normalized spacial score (nSPS) is 10.6. The average molecular weight is 318 g/mol. The zero-order chi connectivity index (χ0) is 10.9. The second-order valence-electron chi connectivity index (χ2n) is 2.22. The number of hydrogen-bond acceptors (Lipinski definition) is 3. The number of pyridine rings is 1. The fourth-order valence-electron chi connectivity index (χ4n) is 0.849. The first-order valence-corrected chi connectivity index (χ1v) is 4.29. The van der Waals surface area contributed by atoms with E-state index in [0.717, 1.165) is 6.20 Å². The lowest BCUT2D eigenvalue weighted by Crippen LogP contribution is -2.03. The van der Waals surface area contributed by atoms with Gasteiger partial charge < -0.3 is 0 Å². The van der Waals surface area contributed by atoms with E-state index in [4.69, 9.17) is 0 Å². The van der Waals surface area contributed by atoms with Crippen LogP contribution < -0.4 is 0 Å². The topological polar surface area (TPSA) is 56.0 Å². The third-order valence-electron chi connectivity index (χ3n) is 1.40. The van der Waals surface area contributed by atoms with E-state index < -0.39 is 28.5 Å². The average Bonchev–Trinajstić information content (AvgIpc) is 2.07. The van der Waals surface area contributed by atoms with Gasteiger partial charge in [-0.25, -0.2) is 13.8 Å². The maximum Gasteiger partial charge on any atom is 0.297 e. The molecule has 0 radical (unpaired) electrons. The summed E-state index contributed by atoms with van der Waals surface area (Å²) < 4.78 is 37.1. The van der Waals surface area contributed by atoms with Crippen LogP contribution in [0.4, 0.5) is 18.9 Å². The number of halogens is 4.